The van der Waals surface area contributed by atoms with Crippen LogP contribution in [0.15, 0.2) is 38.5 Å². The summed E-state index contributed by atoms with van der Waals surface area (Å²) in [5.74, 6) is 0.761. The zero-order chi connectivity index (χ0) is 17.2. The fourth-order valence-electron chi connectivity index (χ4n) is 1.80. The molecule has 1 aromatic rings. The predicted octanol–water partition coefficient (Wildman–Crippen LogP) is 3.07. The molecule has 0 saturated carbocycles. The van der Waals surface area contributed by atoms with Crippen molar-refractivity contribution in [3.63, 3.8) is 0 Å². The first-order chi connectivity index (χ1) is 11.0. The summed E-state index contributed by atoms with van der Waals surface area (Å²) in [5.41, 5.74) is 3.88. The monoisotopic (exact) mass is 335 g/mol. The van der Waals surface area contributed by atoms with Crippen molar-refractivity contribution in [1.29, 1.82) is 0 Å². The molecule has 2 N–H and O–H groups in total. The summed E-state index contributed by atoms with van der Waals surface area (Å²) in [6.07, 6.45) is 3.51. The van der Waals surface area contributed by atoms with Gasteiger partial charge in [0.25, 0.3) is 0 Å². The fourth-order valence-corrected chi connectivity index (χ4v) is 3.02. The largest absolute Gasteiger partial charge is 0.467 e. The summed E-state index contributed by atoms with van der Waals surface area (Å²) >= 11 is 1.72. The number of allylic oxidation sites excluding steroid dienone is 1. The predicted molar refractivity (Wildman–Crippen MR) is 99.6 cm³/mol. The Bertz CT molecular complexity index is 610. The van der Waals surface area contributed by atoms with Crippen molar-refractivity contribution in [2.24, 2.45) is 9.98 Å². The molecule has 1 heterocycles. The molecule has 0 amide bonds. The zero-order valence-corrected chi connectivity index (χ0v) is 15.4. The van der Waals surface area contributed by atoms with Crippen LogP contribution in [0.3, 0.4) is 0 Å². The third-order valence-corrected chi connectivity index (χ3v) is 4.15. The lowest BCUT2D eigenvalue weighted by molar-refractivity contribution is 0.396. The smallest absolute Gasteiger partial charge is 0.315 e. The Morgan fingerprint density at radius 3 is 2.74 bits per heavy atom. The van der Waals surface area contributed by atoms with E-state index in [9.17, 15) is 0 Å². The molecule has 6 nitrogen and oxygen atoms in total. The minimum absolute atomic E-state index is 0.346. The van der Waals surface area contributed by atoms with Crippen LogP contribution in [-0.2, 0) is 4.74 Å². The second-order valence-corrected chi connectivity index (χ2v) is 5.68. The van der Waals surface area contributed by atoms with Gasteiger partial charge in [0.15, 0.2) is 0 Å². The number of aromatic nitrogens is 1. The van der Waals surface area contributed by atoms with E-state index in [0.717, 1.165) is 33.4 Å². The first kappa shape index (κ1) is 19.0. The van der Waals surface area contributed by atoms with Gasteiger partial charge in [-0.15, -0.1) is 11.8 Å². The van der Waals surface area contributed by atoms with E-state index in [4.69, 9.17) is 4.74 Å². The second kappa shape index (κ2) is 9.89. The number of nitrogens with one attached hydrogen (secondary N) is 2. The molecule has 0 aromatic carbocycles. The lowest BCUT2D eigenvalue weighted by Gasteiger charge is -2.12. The zero-order valence-electron chi connectivity index (χ0n) is 14.6. The van der Waals surface area contributed by atoms with E-state index >= 15 is 0 Å². The molecule has 23 heavy (non-hydrogen) atoms. The Morgan fingerprint density at radius 1 is 1.43 bits per heavy atom. The van der Waals surface area contributed by atoms with Crippen molar-refractivity contribution in [3.8, 4) is 0 Å². The summed E-state index contributed by atoms with van der Waals surface area (Å²) in [7, 11) is 5.35. The Labute approximate surface area is 142 Å². The quantitative estimate of drug-likeness (QED) is 0.475. The molecule has 0 bridgehead atoms. The maximum atomic E-state index is 5.14. The number of amidine groups is 1. The second-order valence-electron chi connectivity index (χ2n) is 4.66. The average Bonchev–Trinajstić information content (AvgIpc) is 2.55. The molecule has 0 aliphatic rings. The number of nitrogens with zero attached hydrogens (tertiary/aromatic N) is 3. The molecule has 1 aromatic heterocycles. The van der Waals surface area contributed by atoms with Crippen LogP contribution in [-0.4, -0.2) is 44.2 Å². The molecular formula is C16H25N5OS. The van der Waals surface area contributed by atoms with Crippen LogP contribution in [0, 0.1) is 6.92 Å². The normalized spacial score (nSPS) is 13.0. The van der Waals surface area contributed by atoms with E-state index in [1.807, 2.05) is 41.1 Å². The van der Waals surface area contributed by atoms with Gasteiger partial charge >= 0.3 is 6.02 Å². The molecule has 0 radical (unpaired) electrons. The van der Waals surface area contributed by atoms with Gasteiger partial charge in [-0.1, -0.05) is 0 Å². The lowest BCUT2D eigenvalue weighted by Crippen LogP contribution is -2.11. The number of pyridine rings is 1. The molecule has 7 heteroatoms. The van der Waals surface area contributed by atoms with Gasteiger partial charge in [0.2, 0.25) is 0 Å². The molecule has 126 valence electrons. The van der Waals surface area contributed by atoms with E-state index in [1.165, 1.54) is 0 Å². The molecule has 0 aliphatic heterocycles. The standard InChI is InChI=1S/C16H25N5OS/c1-7-19-16(22-6)21-12(3)14(18-5)10-23-15-8-11(2)20-9-13(15)17-4/h7-9,17-18H,10H2,1-6H3/b14-12-,19-7?,21-16?. The summed E-state index contributed by atoms with van der Waals surface area (Å²) < 4.78 is 5.14. The van der Waals surface area contributed by atoms with E-state index in [-0.39, 0.29) is 0 Å². The Morgan fingerprint density at radius 2 is 2.17 bits per heavy atom. The van der Waals surface area contributed by atoms with Crippen LogP contribution in [0.1, 0.15) is 19.5 Å². The first-order valence-electron chi connectivity index (χ1n) is 7.31. The summed E-state index contributed by atoms with van der Waals surface area (Å²) in [4.78, 5) is 13.9. The molecule has 0 fully saturated rings. The highest BCUT2D eigenvalue weighted by molar-refractivity contribution is 7.99. The molecule has 0 aliphatic carbocycles. The number of rotatable bonds is 6. The van der Waals surface area contributed by atoms with Crippen LogP contribution >= 0.6 is 11.8 Å². The Hall–Kier alpha value is -2.02. The maximum absolute atomic E-state index is 5.14. The van der Waals surface area contributed by atoms with Crippen molar-refractivity contribution in [2.45, 2.75) is 25.7 Å². The highest BCUT2D eigenvalue weighted by Gasteiger charge is 2.07. The van der Waals surface area contributed by atoms with Crippen LogP contribution < -0.4 is 10.6 Å². The summed E-state index contributed by atoms with van der Waals surface area (Å²) in [6.45, 7) is 5.75. The van der Waals surface area contributed by atoms with Crippen molar-refractivity contribution in [2.75, 3.05) is 32.3 Å². The Balaban J connectivity index is 2.96. The SMILES string of the molecule is CC=NC(=N/C(C)=C(/CSc1cc(C)ncc1NC)NC)OC. The summed E-state index contributed by atoms with van der Waals surface area (Å²) in [6, 6.07) is 2.42. The molecular weight excluding hydrogens is 310 g/mol. The number of aliphatic imine (C=N–C) groups is 2. The van der Waals surface area contributed by atoms with E-state index in [0.29, 0.717) is 6.02 Å². The van der Waals surface area contributed by atoms with Gasteiger partial charge in [-0.05, 0) is 26.8 Å². The van der Waals surface area contributed by atoms with Crippen molar-refractivity contribution in [1.82, 2.24) is 10.3 Å². The van der Waals surface area contributed by atoms with Gasteiger partial charge in [-0.25, -0.2) is 4.99 Å². The topological polar surface area (TPSA) is 70.9 Å². The van der Waals surface area contributed by atoms with Crippen LogP contribution in [0.25, 0.3) is 0 Å². The summed E-state index contributed by atoms with van der Waals surface area (Å²) in [5, 5.41) is 6.37. The minimum Gasteiger partial charge on any atom is -0.467 e. The van der Waals surface area contributed by atoms with E-state index < -0.39 is 0 Å². The number of methoxy groups -OCH3 is 1. The van der Waals surface area contributed by atoms with Crippen LogP contribution in [0.2, 0.25) is 0 Å². The molecule has 0 saturated heterocycles. The van der Waals surface area contributed by atoms with E-state index in [2.05, 4.69) is 31.7 Å². The van der Waals surface area contributed by atoms with Gasteiger partial charge in [-0.3, -0.25) is 4.98 Å². The molecule has 0 atom stereocenters. The third-order valence-electron chi connectivity index (χ3n) is 3.07. The number of hydrogen-bond donors (Lipinski definition) is 2. The van der Waals surface area contributed by atoms with Crippen molar-refractivity contribution >= 4 is 29.7 Å². The van der Waals surface area contributed by atoms with Gasteiger partial charge in [-0.2, -0.15) is 4.99 Å². The van der Waals surface area contributed by atoms with Crippen LogP contribution in [0.4, 0.5) is 5.69 Å². The first-order valence-corrected chi connectivity index (χ1v) is 8.30. The highest BCUT2D eigenvalue weighted by Crippen LogP contribution is 2.28. The van der Waals surface area contributed by atoms with Gasteiger partial charge in [0, 0.05) is 42.3 Å². The van der Waals surface area contributed by atoms with E-state index in [1.54, 1.807) is 25.1 Å². The lowest BCUT2D eigenvalue weighted by atomic mass is 10.3. The van der Waals surface area contributed by atoms with Crippen molar-refractivity contribution in [3.05, 3.63) is 29.4 Å². The van der Waals surface area contributed by atoms with Crippen LogP contribution in [0.5, 0.6) is 0 Å². The maximum Gasteiger partial charge on any atom is 0.315 e. The van der Waals surface area contributed by atoms with Crippen molar-refractivity contribution < 1.29 is 4.74 Å². The Kier molecular flexibility index (Phi) is 8.18. The van der Waals surface area contributed by atoms with Gasteiger partial charge in [0.1, 0.15) is 0 Å². The average molecular weight is 335 g/mol. The van der Waals surface area contributed by atoms with Gasteiger partial charge in [0.05, 0.1) is 24.7 Å². The molecule has 0 spiro atoms. The fraction of sp³-hybridized carbons (Fsp3) is 0.438. The number of thioether (sulfide) groups is 1. The number of anilines is 1. The number of aryl methyl sites for hydroxylation is 1. The number of hydrogen-bond acceptors (Lipinski definition) is 6. The molecule has 1 rings (SSSR count). The van der Waals surface area contributed by atoms with Gasteiger partial charge < -0.3 is 15.4 Å². The highest BCUT2D eigenvalue weighted by atomic mass is 32.2. The number of ether oxygens (including phenoxy) is 1. The minimum atomic E-state index is 0.346. The molecule has 0 unspecified atom stereocenters. The third kappa shape index (κ3) is 5.94.